The first kappa shape index (κ1) is 9.98. The second kappa shape index (κ2) is 3.90. The second-order valence-electron chi connectivity index (χ2n) is 3.17. The minimum Gasteiger partial charge on any atom is -0.497 e. The second-order valence-corrected chi connectivity index (χ2v) is 4.41. The number of nitrogens with zero attached hydrogens (tertiary/aromatic N) is 1. The van der Waals surface area contributed by atoms with E-state index in [0.29, 0.717) is 0 Å². The highest BCUT2D eigenvalue weighted by Crippen LogP contribution is 2.30. The third-order valence-corrected chi connectivity index (χ3v) is 2.92. The highest BCUT2D eigenvalue weighted by Gasteiger charge is 2.07. The third-order valence-electron chi connectivity index (χ3n) is 2.12. The number of benzene rings is 1. The van der Waals surface area contributed by atoms with Gasteiger partial charge in [0.15, 0.2) is 0 Å². The van der Waals surface area contributed by atoms with E-state index in [4.69, 9.17) is 10.5 Å². The molecule has 0 spiro atoms. The van der Waals surface area contributed by atoms with Crippen LogP contribution in [0.2, 0.25) is 0 Å². The van der Waals surface area contributed by atoms with Crippen molar-refractivity contribution < 1.29 is 4.74 Å². The minimum atomic E-state index is 0.762. The van der Waals surface area contributed by atoms with E-state index in [1.54, 1.807) is 7.11 Å². The molecule has 0 atom stereocenters. The minimum absolute atomic E-state index is 0.762. The molecule has 15 heavy (non-hydrogen) atoms. The lowest BCUT2D eigenvalue weighted by atomic mass is 10.1. The smallest absolute Gasteiger partial charge is 0.118 e. The number of ether oxygens (including phenoxy) is 1. The van der Waals surface area contributed by atoms with Crippen molar-refractivity contribution in [3.63, 3.8) is 0 Å². The number of rotatable bonds is 2. The molecule has 0 bridgehead atoms. The molecule has 0 fully saturated rings. The zero-order valence-electron chi connectivity index (χ0n) is 8.65. The third kappa shape index (κ3) is 1.94. The van der Waals surface area contributed by atoms with E-state index in [-0.39, 0.29) is 0 Å². The first-order chi connectivity index (χ1) is 7.20. The van der Waals surface area contributed by atoms with E-state index in [2.05, 4.69) is 4.98 Å². The molecule has 0 unspecified atom stereocenters. The largest absolute Gasteiger partial charge is 0.497 e. The molecule has 78 valence electrons. The van der Waals surface area contributed by atoms with Crippen LogP contribution in [0.4, 0.5) is 5.00 Å². The number of hydrogen-bond acceptors (Lipinski definition) is 4. The molecule has 0 aliphatic heterocycles. The molecule has 2 N–H and O–H groups in total. The normalized spacial score (nSPS) is 10.3. The molecule has 0 radical (unpaired) electrons. The van der Waals surface area contributed by atoms with Crippen molar-refractivity contribution in [2.45, 2.75) is 6.92 Å². The number of aromatic nitrogens is 1. The van der Waals surface area contributed by atoms with Gasteiger partial charge in [-0.2, -0.15) is 0 Å². The molecule has 0 saturated heterocycles. The van der Waals surface area contributed by atoms with Gasteiger partial charge in [-0.1, -0.05) is 0 Å². The van der Waals surface area contributed by atoms with Crippen LogP contribution < -0.4 is 10.5 Å². The average Bonchev–Trinajstić information content (AvgIpc) is 2.58. The van der Waals surface area contributed by atoms with Crippen molar-refractivity contribution in [2.75, 3.05) is 12.8 Å². The summed E-state index contributed by atoms with van der Waals surface area (Å²) >= 11 is 1.51. The van der Waals surface area contributed by atoms with E-state index in [1.165, 1.54) is 11.3 Å². The van der Waals surface area contributed by atoms with Crippen LogP contribution in [0, 0.1) is 6.92 Å². The van der Waals surface area contributed by atoms with Gasteiger partial charge in [-0.3, -0.25) is 0 Å². The molecule has 2 aromatic rings. The Bertz CT molecular complexity index is 462. The van der Waals surface area contributed by atoms with Crippen LogP contribution >= 0.6 is 11.3 Å². The molecule has 0 amide bonds. The summed E-state index contributed by atoms with van der Waals surface area (Å²) in [4.78, 5) is 4.39. The maximum absolute atomic E-state index is 5.87. The Labute approximate surface area is 92.5 Å². The molecule has 4 heteroatoms. The number of methoxy groups -OCH3 is 1. The fraction of sp³-hybridized carbons (Fsp3) is 0.182. The van der Waals surface area contributed by atoms with Crippen LogP contribution in [0.3, 0.4) is 0 Å². The van der Waals surface area contributed by atoms with Crippen molar-refractivity contribution in [2.24, 2.45) is 0 Å². The first-order valence-corrected chi connectivity index (χ1v) is 5.39. The highest BCUT2D eigenvalue weighted by molar-refractivity contribution is 7.16. The Kier molecular flexibility index (Phi) is 2.60. The van der Waals surface area contributed by atoms with Gasteiger partial charge in [0.05, 0.1) is 12.1 Å². The van der Waals surface area contributed by atoms with E-state index in [9.17, 15) is 0 Å². The lowest BCUT2D eigenvalue weighted by Gasteiger charge is -2.01. The summed E-state index contributed by atoms with van der Waals surface area (Å²) in [5.41, 5.74) is 7.76. The molecular weight excluding hydrogens is 208 g/mol. The van der Waals surface area contributed by atoms with Crippen molar-refractivity contribution in [3.05, 3.63) is 29.3 Å². The zero-order valence-corrected chi connectivity index (χ0v) is 9.47. The lowest BCUT2D eigenvalue weighted by molar-refractivity contribution is 0.415. The van der Waals surface area contributed by atoms with Gasteiger partial charge in [0.25, 0.3) is 0 Å². The van der Waals surface area contributed by atoms with Crippen LogP contribution in [-0.4, -0.2) is 12.1 Å². The Hall–Kier alpha value is -1.55. The van der Waals surface area contributed by atoms with Crippen molar-refractivity contribution in [1.29, 1.82) is 0 Å². The Morgan fingerprint density at radius 3 is 2.40 bits per heavy atom. The predicted molar refractivity (Wildman–Crippen MR) is 63.3 cm³/mol. The molecular formula is C11H12N2OS. The van der Waals surface area contributed by atoms with Crippen LogP contribution in [-0.2, 0) is 0 Å². The number of thiazole rings is 1. The quantitative estimate of drug-likeness (QED) is 0.846. The summed E-state index contributed by atoms with van der Waals surface area (Å²) in [5, 5.41) is 1.75. The van der Waals surface area contributed by atoms with Gasteiger partial charge in [0.1, 0.15) is 16.4 Å². The molecule has 1 aromatic heterocycles. The highest BCUT2D eigenvalue weighted by atomic mass is 32.1. The predicted octanol–water partition coefficient (Wildman–Crippen LogP) is 2.71. The van der Waals surface area contributed by atoms with Crippen molar-refractivity contribution >= 4 is 16.3 Å². The summed E-state index contributed by atoms with van der Waals surface area (Å²) in [7, 11) is 1.65. The fourth-order valence-electron chi connectivity index (χ4n) is 1.40. The van der Waals surface area contributed by atoms with Crippen molar-refractivity contribution in [1.82, 2.24) is 4.98 Å². The monoisotopic (exact) mass is 220 g/mol. The number of nitrogens with two attached hydrogens (primary N) is 1. The Morgan fingerprint density at radius 1 is 1.27 bits per heavy atom. The van der Waals surface area contributed by atoms with Crippen molar-refractivity contribution in [3.8, 4) is 17.0 Å². The van der Waals surface area contributed by atoms with Crippen LogP contribution in [0.5, 0.6) is 5.75 Å². The van der Waals surface area contributed by atoms with Gasteiger partial charge < -0.3 is 10.5 Å². The summed E-state index contributed by atoms with van der Waals surface area (Å²) in [6.07, 6.45) is 0. The molecule has 1 heterocycles. The summed E-state index contributed by atoms with van der Waals surface area (Å²) in [6, 6.07) is 7.74. The zero-order chi connectivity index (χ0) is 10.8. The number of aryl methyl sites for hydroxylation is 1. The van der Waals surface area contributed by atoms with Crippen LogP contribution in [0.1, 0.15) is 5.01 Å². The summed E-state index contributed by atoms with van der Waals surface area (Å²) in [5.74, 6) is 0.837. The number of nitrogen functional groups attached to an aromatic ring is 1. The van der Waals surface area contributed by atoms with Gasteiger partial charge in [-0.15, -0.1) is 11.3 Å². The van der Waals surface area contributed by atoms with E-state index >= 15 is 0 Å². The number of hydrogen-bond donors (Lipinski definition) is 1. The van der Waals surface area contributed by atoms with Gasteiger partial charge in [0.2, 0.25) is 0 Å². The molecule has 2 rings (SSSR count). The molecule has 1 aromatic carbocycles. The lowest BCUT2D eigenvalue weighted by Crippen LogP contribution is -1.87. The van der Waals surface area contributed by atoms with Gasteiger partial charge in [-0.05, 0) is 31.2 Å². The summed E-state index contributed by atoms with van der Waals surface area (Å²) in [6.45, 7) is 1.95. The van der Waals surface area contributed by atoms with E-state index in [1.807, 2.05) is 31.2 Å². The molecule has 0 aliphatic carbocycles. The van der Waals surface area contributed by atoms with E-state index < -0.39 is 0 Å². The average molecular weight is 220 g/mol. The van der Waals surface area contributed by atoms with E-state index in [0.717, 1.165) is 27.0 Å². The Morgan fingerprint density at radius 2 is 1.93 bits per heavy atom. The SMILES string of the molecule is COc1ccc(-c2nc(C)sc2N)cc1. The maximum Gasteiger partial charge on any atom is 0.118 e. The summed E-state index contributed by atoms with van der Waals surface area (Å²) < 4.78 is 5.09. The molecule has 0 aliphatic rings. The van der Waals surface area contributed by atoms with Crippen LogP contribution in [0.15, 0.2) is 24.3 Å². The topological polar surface area (TPSA) is 48.1 Å². The molecule has 3 nitrogen and oxygen atoms in total. The van der Waals surface area contributed by atoms with Crippen LogP contribution in [0.25, 0.3) is 11.3 Å². The number of anilines is 1. The van der Waals surface area contributed by atoms with Gasteiger partial charge >= 0.3 is 0 Å². The molecule has 0 saturated carbocycles. The first-order valence-electron chi connectivity index (χ1n) is 4.58. The fourth-order valence-corrected chi connectivity index (χ4v) is 2.11. The van der Waals surface area contributed by atoms with Gasteiger partial charge in [0, 0.05) is 5.56 Å². The standard InChI is InChI=1S/C11H12N2OS/c1-7-13-10(11(12)15-7)8-3-5-9(14-2)6-4-8/h3-6H,12H2,1-2H3. The van der Waals surface area contributed by atoms with Gasteiger partial charge in [-0.25, -0.2) is 4.98 Å². The maximum atomic E-state index is 5.87. The Balaban J connectivity index is 2.41.